The molecular formula is C21H28N2O3. The van der Waals surface area contributed by atoms with Crippen molar-refractivity contribution < 1.29 is 14.3 Å². The van der Waals surface area contributed by atoms with Gasteiger partial charge in [0.25, 0.3) is 0 Å². The first-order valence-corrected chi connectivity index (χ1v) is 9.78. The minimum atomic E-state index is -0.841. The van der Waals surface area contributed by atoms with Gasteiger partial charge in [-0.2, -0.15) is 0 Å². The molecule has 4 saturated carbocycles. The number of hydrogen-bond donors (Lipinski definition) is 2. The van der Waals surface area contributed by atoms with E-state index >= 15 is 0 Å². The predicted molar refractivity (Wildman–Crippen MR) is 97.9 cm³/mol. The molecule has 0 aromatic heterocycles. The molecule has 1 amide bonds. The van der Waals surface area contributed by atoms with Crippen LogP contribution in [0.25, 0.3) is 0 Å². The largest absolute Gasteiger partial charge is 0.461 e. The van der Waals surface area contributed by atoms with Gasteiger partial charge in [-0.15, -0.1) is 0 Å². The first kappa shape index (κ1) is 17.5. The van der Waals surface area contributed by atoms with E-state index in [9.17, 15) is 9.59 Å². The molecule has 0 heterocycles. The lowest BCUT2D eigenvalue weighted by Gasteiger charge is -2.57. The van der Waals surface area contributed by atoms with E-state index in [-0.39, 0.29) is 24.5 Å². The van der Waals surface area contributed by atoms with Gasteiger partial charge < -0.3 is 15.8 Å². The van der Waals surface area contributed by atoms with Gasteiger partial charge in [-0.05, 0) is 61.8 Å². The molecule has 4 bridgehead atoms. The van der Waals surface area contributed by atoms with Crippen LogP contribution < -0.4 is 11.1 Å². The van der Waals surface area contributed by atoms with E-state index in [1.54, 1.807) is 0 Å². The van der Waals surface area contributed by atoms with Crippen LogP contribution in [-0.4, -0.2) is 23.5 Å². The Morgan fingerprint density at radius 2 is 1.65 bits per heavy atom. The SMILES string of the molecule is NC(CC(=O)OCc1ccccc1)C(=O)NC12CC3CC(CC(C3)C1)C2. The molecule has 4 fully saturated rings. The number of esters is 1. The molecule has 4 aliphatic rings. The Hall–Kier alpha value is -1.88. The normalized spacial score (nSPS) is 32.9. The number of hydrogen-bond acceptors (Lipinski definition) is 4. The fraction of sp³-hybridized carbons (Fsp3) is 0.619. The molecule has 0 aliphatic heterocycles. The second kappa shape index (κ2) is 7.03. The highest BCUT2D eigenvalue weighted by atomic mass is 16.5. The summed E-state index contributed by atoms with van der Waals surface area (Å²) in [4.78, 5) is 24.6. The Bertz CT molecular complexity index is 638. The lowest BCUT2D eigenvalue weighted by atomic mass is 9.53. The van der Waals surface area contributed by atoms with Crippen LogP contribution in [0.2, 0.25) is 0 Å². The smallest absolute Gasteiger partial charge is 0.308 e. The van der Waals surface area contributed by atoms with Gasteiger partial charge in [-0.25, -0.2) is 0 Å². The maximum Gasteiger partial charge on any atom is 0.308 e. The first-order valence-electron chi connectivity index (χ1n) is 9.78. The fourth-order valence-corrected chi connectivity index (χ4v) is 5.69. The maximum absolute atomic E-state index is 12.6. The third kappa shape index (κ3) is 3.78. The van der Waals surface area contributed by atoms with Crippen molar-refractivity contribution in [3.63, 3.8) is 0 Å². The molecule has 1 aromatic carbocycles. The molecule has 0 radical (unpaired) electrons. The molecule has 1 atom stereocenters. The second-order valence-corrected chi connectivity index (χ2v) is 8.64. The molecule has 0 saturated heterocycles. The molecule has 5 rings (SSSR count). The zero-order chi connectivity index (χ0) is 18.1. The number of rotatable bonds is 6. The van der Waals surface area contributed by atoms with Crippen LogP contribution in [0.15, 0.2) is 30.3 Å². The Balaban J connectivity index is 1.27. The predicted octanol–water partition coefficient (Wildman–Crippen LogP) is 2.53. The lowest BCUT2D eigenvalue weighted by Crippen LogP contribution is -2.62. The molecule has 0 spiro atoms. The number of benzene rings is 1. The number of carbonyl (C=O) groups excluding carboxylic acids is 2. The van der Waals surface area contributed by atoms with Crippen LogP contribution in [0.5, 0.6) is 0 Å². The van der Waals surface area contributed by atoms with Crippen molar-refractivity contribution in [1.29, 1.82) is 0 Å². The second-order valence-electron chi connectivity index (χ2n) is 8.64. The molecular weight excluding hydrogens is 328 g/mol. The molecule has 1 aromatic rings. The van der Waals surface area contributed by atoms with Crippen molar-refractivity contribution in [3.05, 3.63) is 35.9 Å². The van der Waals surface area contributed by atoms with Crippen molar-refractivity contribution in [2.24, 2.45) is 23.5 Å². The third-order valence-corrected chi connectivity index (χ3v) is 6.39. The van der Waals surface area contributed by atoms with Crippen LogP contribution in [0, 0.1) is 17.8 Å². The van der Waals surface area contributed by atoms with E-state index < -0.39 is 12.0 Å². The van der Waals surface area contributed by atoms with Crippen LogP contribution in [0.4, 0.5) is 0 Å². The van der Waals surface area contributed by atoms with Gasteiger partial charge in [-0.3, -0.25) is 9.59 Å². The Morgan fingerprint density at radius 3 is 2.23 bits per heavy atom. The van der Waals surface area contributed by atoms with Gasteiger partial charge in [0.1, 0.15) is 6.61 Å². The van der Waals surface area contributed by atoms with Crippen LogP contribution >= 0.6 is 0 Å². The zero-order valence-electron chi connectivity index (χ0n) is 15.2. The highest BCUT2D eigenvalue weighted by Gasteiger charge is 2.51. The van der Waals surface area contributed by atoms with E-state index in [1.165, 1.54) is 19.3 Å². The van der Waals surface area contributed by atoms with Gasteiger partial charge in [0.15, 0.2) is 0 Å². The number of nitrogens with one attached hydrogen (secondary N) is 1. The van der Waals surface area contributed by atoms with Gasteiger partial charge in [-0.1, -0.05) is 30.3 Å². The number of ether oxygens (including phenoxy) is 1. The Morgan fingerprint density at radius 1 is 1.08 bits per heavy atom. The fourth-order valence-electron chi connectivity index (χ4n) is 5.69. The third-order valence-electron chi connectivity index (χ3n) is 6.39. The Labute approximate surface area is 154 Å². The topological polar surface area (TPSA) is 81.4 Å². The summed E-state index contributed by atoms with van der Waals surface area (Å²) in [5.41, 5.74) is 6.86. The first-order chi connectivity index (χ1) is 12.5. The summed E-state index contributed by atoms with van der Waals surface area (Å²) >= 11 is 0. The number of carbonyl (C=O) groups is 2. The average molecular weight is 356 g/mol. The van der Waals surface area contributed by atoms with Crippen molar-refractivity contribution in [1.82, 2.24) is 5.32 Å². The number of nitrogens with two attached hydrogens (primary N) is 1. The quantitative estimate of drug-likeness (QED) is 0.768. The molecule has 140 valence electrons. The summed E-state index contributed by atoms with van der Waals surface area (Å²) in [7, 11) is 0. The lowest BCUT2D eigenvalue weighted by molar-refractivity contribution is -0.147. The summed E-state index contributed by atoms with van der Waals surface area (Å²) in [6, 6.07) is 8.66. The minimum absolute atomic E-state index is 0.0720. The minimum Gasteiger partial charge on any atom is -0.461 e. The molecule has 5 heteroatoms. The van der Waals surface area contributed by atoms with Crippen LogP contribution in [0.1, 0.15) is 50.5 Å². The summed E-state index contributed by atoms with van der Waals surface area (Å²) in [5.74, 6) is 1.64. The van der Waals surface area contributed by atoms with E-state index in [0.29, 0.717) is 0 Å². The zero-order valence-corrected chi connectivity index (χ0v) is 15.2. The average Bonchev–Trinajstić information content (AvgIpc) is 2.59. The molecule has 3 N–H and O–H groups in total. The summed E-state index contributed by atoms with van der Waals surface area (Å²) in [6.45, 7) is 0.211. The van der Waals surface area contributed by atoms with Crippen molar-refractivity contribution in [2.45, 2.75) is 63.1 Å². The number of amides is 1. The van der Waals surface area contributed by atoms with Crippen LogP contribution in [-0.2, 0) is 20.9 Å². The standard InChI is InChI=1S/C21H28N2O3/c22-18(9-19(24)26-13-14-4-2-1-3-5-14)20(25)23-21-10-15-6-16(11-21)8-17(7-15)12-21/h1-5,15-18H,6-13,22H2,(H,23,25). The molecule has 1 unspecified atom stereocenters. The molecule has 4 aliphatic carbocycles. The van der Waals surface area contributed by atoms with Crippen LogP contribution in [0.3, 0.4) is 0 Å². The maximum atomic E-state index is 12.6. The summed E-state index contributed by atoms with van der Waals surface area (Å²) < 4.78 is 5.24. The van der Waals surface area contributed by atoms with Gasteiger partial charge in [0.05, 0.1) is 12.5 Å². The van der Waals surface area contributed by atoms with E-state index in [2.05, 4.69) is 5.32 Å². The summed E-state index contributed by atoms with van der Waals surface area (Å²) in [6.07, 6.45) is 7.14. The van der Waals surface area contributed by atoms with Crippen molar-refractivity contribution in [3.8, 4) is 0 Å². The van der Waals surface area contributed by atoms with Gasteiger partial charge in [0, 0.05) is 5.54 Å². The van der Waals surface area contributed by atoms with Crippen molar-refractivity contribution in [2.75, 3.05) is 0 Å². The van der Waals surface area contributed by atoms with Crippen molar-refractivity contribution >= 4 is 11.9 Å². The monoisotopic (exact) mass is 356 g/mol. The van der Waals surface area contributed by atoms with E-state index in [1.807, 2.05) is 30.3 Å². The molecule has 5 nitrogen and oxygen atoms in total. The highest BCUT2D eigenvalue weighted by Crippen LogP contribution is 2.55. The molecule has 26 heavy (non-hydrogen) atoms. The van der Waals surface area contributed by atoms with E-state index in [4.69, 9.17) is 10.5 Å². The van der Waals surface area contributed by atoms with Gasteiger partial charge in [0.2, 0.25) is 5.91 Å². The Kier molecular flexibility index (Phi) is 4.74. The summed E-state index contributed by atoms with van der Waals surface area (Å²) in [5, 5.41) is 3.23. The van der Waals surface area contributed by atoms with Gasteiger partial charge >= 0.3 is 5.97 Å². The van der Waals surface area contributed by atoms with E-state index in [0.717, 1.165) is 42.6 Å². The highest BCUT2D eigenvalue weighted by molar-refractivity contribution is 5.87.